The fourth-order valence-electron chi connectivity index (χ4n) is 1.46. The quantitative estimate of drug-likeness (QED) is 0.351. The van der Waals surface area contributed by atoms with Gasteiger partial charge < -0.3 is 0 Å². The molecule has 0 radical (unpaired) electrons. The Kier molecular flexibility index (Phi) is 5.49. The molecule has 1 aliphatic heterocycles. The van der Waals surface area contributed by atoms with Crippen LogP contribution in [0.5, 0.6) is 0 Å². The van der Waals surface area contributed by atoms with E-state index in [9.17, 15) is 10.1 Å². The Labute approximate surface area is 105 Å². The van der Waals surface area contributed by atoms with Crippen molar-refractivity contribution in [1.29, 1.82) is 0 Å². The zero-order chi connectivity index (χ0) is 12.0. The molecule has 0 aromatic rings. The molecule has 1 heterocycles. The maximum atomic E-state index is 10.6. The second-order valence-corrected chi connectivity index (χ2v) is 3.96. The predicted molar refractivity (Wildman–Crippen MR) is 59.3 cm³/mol. The van der Waals surface area contributed by atoms with E-state index in [-0.39, 0.29) is 5.70 Å². The molecule has 0 amide bonds. The molecule has 1 rings (SSSR count). The normalized spacial score (nSPS) is 18.5. The van der Waals surface area contributed by atoms with E-state index >= 15 is 0 Å². The molecular weight excluding hydrogens is 297 g/mol. The molecule has 1 saturated heterocycles. The molecule has 0 aliphatic carbocycles. The number of rotatable bonds is 4. The Bertz CT molecular complexity index is 333. The Hall–Kier alpha value is -0.867. The molecular formula is C10H15N3O2Rh. The summed E-state index contributed by atoms with van der Waals surface area (Å²) in [6, 6.07) is 0. The molecule has 5 nitrogen and oxygen atoms in total. The van der Waals surface area contributed by atoms with E-state index in [1.54, 1.807) is 6.08 Å². The standard InChI is InChI=1S/C10H15N3O2.Rh/c1-9(3-4-10(2)13(14)15)12-7-5-11-6-8-12;/h2-4,11H,5-8H2,1H3;/b9-3+,10-4+;. The molecule has 0 unspecified atom stereocenters. The molecule has 6 heteroatoms. The first kappa shape index (κ1) is 13.2. The fourth-order valence-corrected chi connectivity index (χ4v) is 1.79. The second-order valence-electron chi connectivity index (χ2n) is 3.49. The predicted octanol–water partition coefficient (Wildman–Crippen LogP) is 0.305. The Morgan fingerprint density at radius 3 is 2.56 bits per heavy atom. The molecule has 16 heavy (non-hydrogen) atoms. The van der Waals surface area contributed by atoms with Crippen LogP contribution in [-0.4, -0.2) is 40.6 Å². The first-order valence-electron chi connectivity index (χ1n) is 5.04. The third-order valence-corrected chi connectivity index (χ3v) is 2.91. The molecule has 0 aromatic carbocycles. The summed E-state index contributed by atoms with van der Waals surface area (Å²) < 4.78 is 1.39. The molecule has 0 saturated carbocycles. The number of nitrogens with zero attached hydrogens (tertiary/aromatic N) is 2. The van der Waals surface area contributed by atoms with Gasteiger partial charge >= 0.3 is 104 Å². The Morgan fingerprint density at radius 1 is 1.44 bits per heavy atom. The van der Waals surface area contributed by atoms with E-state index in [1.807, 2.05) is 6.92 Å². The van der Waals surface area contributed by atoms with Gasteiger partial charge in [-0.25, -0.2) is 0 Å². The van der Waals surface area contributed by atoms with Gasteiger partial charge in [0.15, 0.2) is 0 Å². The van der Waals surface area contributed by atoms with Crippen LogP contribution in [0.3, 0.4) is 0 Å². The van der Waals surface area contributed by atoms with Gasteiger partial charge in [-0.1, -0.05) is 0 Å². The van der Waals surface area contributed by atoms with E-state index in [4.69, 9.17) is 0 Å². The van der Waals surface area contributed by atoms with E-state index in [1.165, 1.54) is 10.7 Å². The van der Waals surface area contributed by atoms with Gasteiger partial charge in [-0.3, -0.25) is 0 Å². The molecule has 0 atom stereocenters. The summed E-state index contributed by atoms with van der Waals surface area (Å²) in [5.41, 5.74) is 1.14. The fraction of sp³-hybridized carbons (Fsp3) is 0.500. The molecule has 0 bridgehead atoms. The minimum absolute atomic E-state index is 0.0849. The van der Waals surface area contributed by atoms with Crippen LogP contribution in [-0.2, 0) is 17.9 Å². The van der Waals surface area contributed by atoms with Gasteiger partial charge in [-0.2, -0.15) is 0 Å². The Balaban J connectivity index is 2.67. The molecule has 0 spiro atoms. The number of piperazine rings is 1. The maximum absolute atomic E-state index is 10.6. The van der Waals surface area contributed by atoms with Crippen molar-refractivity contribution in [2.45, 2.75) is 6.92 Å². The zero-order valence-electron chi connectivity index (χ0n) is 9.10. The van der Waals surface area contributed by atoms with Gasteiger partial charge in [0.2, 0.25) is 0 Å². The molecule has 1 N–H and O–H groups in total. The first-order chi connectivity index (χ1) is 7.65. The topological polar surface area (TPSA) is 58.4 Å². The van der Waals surface area contributed by atoms with Gasteiger partial charge in [0.1, 0.15) is 0 Å². The monoisotopic (exact) mass is 312 g/mol. The van der Waals surface area contributed by atoms with Crippen LogP contribution in [0.1, 0.15) is 6.92 Å². The van der Waals surface area contributed by atoms with Crippen molar-refractivity contribution in [1.82, 2.24) is 10.2 Å². The van der Waals surface area contributed by atoms with Crippen molar-refractivity contribution in [2.24, 2.45) is 0 Å². The van der Waals surface area contributed by atoms with Gasteiger partial charge in [0.05, 0.1) is 0 Å². The van der Waals surface area contributed by atoms with Crippen molar-refractivity contribution in [2.75, 3.05) is 26.2 Å². The van der Waals surface area contributed by atoms with E-state index in [0.717, 1.165) is 31.9 Å². The SMILES string of the molecule is C/C(=C\C=C(/[CH]=[Rh])[N+](=O)[O-])N1CCNCC1. The van der Waals surface area contributed by atoms with Crippen molar-refractivity contribution in [3.05, 3.63) is 33.7 Å². The molecule has 1 aliphatic rings. The van der Waals surface area contributed by atoms with Crippen LogP contribution in [0.2, 0.25) is 0 Å². The third-order valence-electron chi connectivity index (χ3n) is 2.42. The first-order valence-corrected chi connectivity index (χ1v) is 5.99. The van der Waals surface area contributed by atoms with E-state index in [2.05, 4.69) is 28.1 Å². The average Bonchev–Trinajstić information content (AvgIpc) is 2.30. The van der Waals surface area contributed by atoms with E-state index in [0.29, 0.717) is 0 Å². The van der Waals surface area contributed by atoms with Gasteiger partial charge in [-0.05, 0) is 0 Å². The van der Waals surface area contributed by atoms with Crippen LogP contribution in [0.15, 0.2) is 23.5 Å². The van der Waals surface area contributed by atoms with Crippen LogP contribution in [0.4, 0.5) is 0 Å². The number of nitrogens with one attached hydrogen (secondary N) is 1. The van der Waals surface area contributed by atoms with Crippen molar-refractivity contribution >= 4 is 4.61 Å². The van der Waals surface area contributed by atoms with Gasteiger partial charge in [-0.15, -0.1) is 0 Å². The molecule has 0 aromatic heterocycles. The number of hydrogen-bond donors (Lipinski definition) is 1. The summed E-state index contributed by atoms with van der Waals surface area (Å²) in [4.78, 5) is 12.4. The molecule has 1 fully saturated rings. The van der Waals surface area contributed by atoms with Crippen molar-refractivity contribution < 1.29 is 22.8 Å². The summed E-state index contributed by atoms with van der Waals surface area (Å²) in [6.07, 6.45) is 3.32. The average molecular weight is 312 g/mol. The Morgan fingerprint density at radius 2 is 2.06 bits per heavy atom. The zero-order valence-corrected chi connectivity index (χ0v) is 10.7. The summed E-state index contributed by atoms with van der Waals surface area (Å²) in [6.45, 7) is 5.80. The van der Waals surface area contributed by atoms with Crippen LogP contribution >= 0.6 is 0 Å². The van der Waals surface area contributed by atoms with Crippen LogP contribution < -0.4 is 5.32 Å². The van der Waals surface area contributed by atoms with Gasteiger partial charge in [0.25, 0.3) is 0 Å². The second kappa shape index (κ2) is 6.66. The molecule has 91 valence electrons. The number of nitro groups is 1. The van der Waals surface area contributed by atoms with Gasteiger partial charge in [0, 0.05) is 0 Å². The summed E-state index contributed by atoms with van der Waals surface area (Å²) in [5.74, 6) is 0. The van der Waals surface area contributed by atoms with Crippen molar-refractivity contribution in [3.8, 4) is 0 Å². The summed E-state index contributed by atoms with van der Waals surface area (Å²) in [7, 11) is 0. The number of allylic oxidation sites excluding steroid dienone is 4. The summed E-state index contributed by atoms with van der Waals surface area (Å²) >= 11 is 2.44. The van der Waals surface area contributed by atoms with Crippen molar-refractivity contribution in [3.63, 3.8) is 0 Å². The third kappa shape index (κ3) is 3.95. The minimum atomic E-state index is -0.401. The number of hydrogen-bond acceptors (Lipinski definition) is 4. The van der Waals surface area contributed by atoms with E-state index < -0.39 is 4.92 Å². The summed E-state index contributed by atoms with van der Waals surface area (Å²) in [5, 5.41) is 13.8. The van der Waals surface area contributed by atoms with Crippen LogP contribution in [0.25, 0.3) is 0 Å². The van der Waals surface area contributed by atoms with Crippen LogP contribution in [0, 0.1) is 10.1 Å².